The molecule has 0 saturated carbocycles. The first-order valence-electron chi connectivity index (χ1n) is 6.38. The number of halogens is 1. The predicted molar refractivity (Wildman–Crippen MR) is 84.3 cm³/mol. The molecule has 3 rings (SSSR count). The summed E-state index contributed by atoms with van der Waals surface area (Å²) in [4.78, 5) is 0.893. The van der Waals surface area contributed by atoms with E-state index in [0.717, 1.165) is 10.6 Å². The maximum absolute atomic E-state index is 13.4. The average molecular weight is 283 g/mol. The molecule has 0 spiro atoms. The number of fused-ring (bicyclic) bond motifs is 1. The molecule has 2 N–H and O–H groups in total. The first-order chi connectivity index (χ1) is 9.74. The summed E-state index contributed by atoms with van der Waals surface area (Å²) in [5.41, 5.74) is 6.94. The molecule has 1 nitrogen and oxygen atoms in total. The molecule has 0 atom stereocenters. The minimum absolute atomic E-state index is 0.194. The predicted octanol–water partition coefficient (Wildman–Crippen LogP) is 4.85. The van der Waals surface area contributed by atoms with E-state index in [9.17, 15) is 4.39 Å². The van der Waals surface area contributed by atoms with Crippen molar-refractivity contribution in [1.29, 1.82) is 0 Å². The molecule has 0 bridgehead atoms. The van der Waals surface area contributed by atoms with Crippen LogP contribution in [0.5, 0.6) is 0 Å². The van der Waals surface area contributed by atoms with Gasteiger partial charge in [-0.15, -0.1) is 11.8 Å². The van der Waals surface area contributed by atoms with E-state index in [-0.39, 0.29) is 11.5 Å². The Labute approximate surface area is 121 Å². The number of benzene rings is 3. The molecule has 0 aliphatic carbocycles. The summed E-state index contributed by atoms with van der Waals surface area (Å²) in [6.07, 6.45) is 0. The van der Waals surface area contributed by atoms with Gasteiger partial charge >= 0.3 is 0 Å². The molecule has 0 aliphatic rings. The minimum Gasteiger partial charge on any atom is -0.396 e. The lowest BCUT2D eigenvalue weighted by atomic mass is 10.1. The summed E-state index contributed by atoms with van der Waals surface area (Å²) in [7, 11) is 0. The Bertz CT molecular complexity index is 750. The summed E-state index contributed by atoms with van der Waals surface area (Å²) >= 11 is 1.62. The van der Waals surface area contributed by atoms with E-state index in [1.54, 1.807) is 17.8 Å². The summed E-state index contributed by atoms with van der Waals surface area (Å²) in [5.74, 6) is 0.456. The van der Waals surface area contributed by atoms with E-state index < -0.39 is 0 Å². The van der Waals surface area contributed by atoms with Crippen LogP contribution in [-0.2, 0) is 5.75 Å². The van der Waals surface area contributed by atoms with Crippen molar-refractivity contribution in [3.8, 4) is 0 Å². The topological polar surface area (TPSA) is 26.0 Å². The Hall–Kier alpha value is -2.00. The molecule has 0 amide bonds. The van der Waals surface area contributed by atoms with Crippen LogP contribution < -0.4 is 5.73 Å². The number of hydrogen-bond acceptors (Lipinski definition) is 2. The largest absolute Gasteiger partial charge is 0.396 e. The molecular weight excluding hydrogens is 269 g/mol. The minimum atomic E-state index is -0.354. The molecule has 100 valence electrons. The van der Waals surface area contributed by atoms with Gasteiger partial charge in [-0.25, -0.2) is 4.39 Å². The van der Waals surface area contributed by atoms with Gasteiger partial charge in [-0.3, -0.25) is 0 Å². The zero-order chi connectivity index (χ0) is 13.9. The maximum atomic E-state index is 13.4. The first-order valence-corrected chi connectivity index (χ1v) is 7.37. The van der Waals surface area contributed by atoms with Gasteiger partial charge in [0, 0.05) is 10.6 Å². The van der Waals surface area contributed by atoms with E-state index in [2.05, 4.69) is 30.3 Å². The molecule has 0 aliphatic heterocycles. The van der Waals surface area contributed by atoms with Crippen LogP contribution >= 0.6 is 11.8 Å². The van der Waals surface area contributed by atoms with Crippen molar-refractivity contribution in [2.75, 3.05) is 5.73 Å². The number of nitrogen functional groups attached to an aromatic ring is 1. The molecule has 0 heterocycles. The lowest BCUT2D eigenvalue weighted by Crippen LogP contribution is -1.90. The van der Waals surface area contributed by atoms with Crippen LogP contribution in [0.15, 0.2) is 65.6 Å². The first kappa shape index (κ1) is 13.0. The second kappa shape index (κ2) is 5.55. The highest BCUT2D eigenvalue weighted by molar-refractivity contribution is 7.98. The van der Waals surface area contributed by atoms with Crippen LogP contribution in [0.25, 0.3) is 10.8 Å². The normalized spacial score (nSPS) is 10.8. The summed E-state index contributed by atoms with van der Waals surface area (Å²) in [5, 5.41) is 2.48. The molecule has 3 heteroatoms. The fourth-order valence-corrected chi connectivity index (χ4v) is 3.10. The van der Waals surface area contributed by atoms with E-state index in [1.807, 2.05) is 18.2 Å². The number of nitrogens with two attached hydrogens (primary N) is 1. The number of hydrogen-bond donors (Lipinski definition) is 1. The standard InChI is InChI=1S/C17H14FNS/c18-16-10-14(8-9-17(16)19)20-11-13-6-3-5-12-4-1-2-7-15(12)13/h1-10H,11,19H2. The molecule has 0 aromatic heterocycles. The van der Waals surface area contributed by atoms with E-state index >= 15 is 0 Å². The quantitative estimate of drug-likeness (QED) is 0.549. The summed E-state index contributed by atoms with van der Waals surface area (Å²) < 4.78 is 13.4. The van der Waals surface area contributed by atoms with Gasteiger partial charge < -0.3 is 5.73 Å². The highest BCUT2D eigenvalue weighted by Gasteiger charge is 2.04. The fourth-order valence-electron chi connectivity index (χ4n) is 2.18. The molecule has 3 aromatic carbocycles. The highest BCUT2D eigenvalue weighted by atomic mass is 32.2. The average Bonchev–Trinajstić information content (AvgIpc) is 2.48. The monoisotopic (exact) mass is 283 g/mol. The molecule has 0 fully saturated rings. The van der Waals surface area contributed by atoms with Crippen LogP contribution in [-0.4, -0.2) is 0 Å². The van der Waals surface area contributed by atoms with E-state index in [1.165, 1.54) is 22.4 Å². The Morgan fingerprint density at radius 3 is 2.60 bits per heavy atom. The Morgan fingerprint density at radius 2 is 1.75 bits per heavy atom. The van der Waals surface area contributed by atoms with Crippen molar-refractivity contribution in [2.24, 2.45) is 0 Å². The Kier molecular flexibility index (Phi) is 3.61. The third kappa shape index (κ3) is 2.63. The molecule has 0 unspecified atom stereocenters. The van der Waals surface area contributed by atoms with Gasteiger partial charge in [0.15, 0.2) is 0 Å². The van der Waals surface area contributed by atoms with Gasteiger partial charge in [0.25, 0.3) is 0 Å². The molecule has 20 heavy (non-hydrogen) atoms. The third-order valence-corrected chi connectivity index (χ3v) is 4.29. The summed E-state index contributed by atoms with van der Waals surface area (Å²) in [6, 6.07) is 19.5. The summed E-state index contributed by atoms with van der Waals surface area (Å²) in [6.45, 7) is 0. The van der Waals surface area contributed by atoms with Crippen molar-refractivity contribution in [3.05, 3.63) is 72.0 Å². The van der Waals surface area contributed by atoms with E-state index in [0.29, 0.717) is 0 Å². The van der Waals surface area contributed by atoms with Crippen molar-refractivity contribution < 1.29 is 4.39 Å². The third-order valence-electron chi connectivity index (χ3n) is 3.25. The molecule has 0 saturated heterocycles. The maximum Gasteiger partial charge on any atom is 0.147 e. The fraction of sp³-hybridized carbons (Fsp3) is 0.0588. The lowest BCUT2D eigenvalue weighted by molar-refractivity contribution is 0.629. The Balaban J connectivity index is 1.85. The van der Waals surface area contributed by atoms with Crippen LogP contribution in [0, 0.1) is 5.82 Å². The van der Waals surface area contributed by atoms with Gasteiger partial charge in [-0.2, -0.15) is 0 Å². The SMILES string of the molecule is Nc1ccc(SCc2cccc3ccccc23)cc1F. The molecule has 0 radical (unpaired) electrons. The van der Waals surface area contributed by atoms with Crippen molar-refractivity contribution in [2.45, 2.75) is 10.6 Å². The zero-order valence-electron chi connectivity index (χ0n) is 10.8. The van der Waals surface area contributed by atoms with Gasteiger partial charge in [0.2, 0.25) is 0 Å². The van der Waals surface area contributed by atoms with Crippen molar-refractivity contribution in [1.82, 2.24) is 0 Å². The molecule has 3 aromatic rings. The number of thioether (sulfide) groups is 1. The second-order valence-corrected chi connectivity index (χ2v) is 5.66. The Morgan fingerprint density at radius 1 is 0.950 bits per heavy atom. The zero-order valence-corrected chi connectivity index (χ0v) is 11.7. The van der Waals surface area contributed by atoms with Crippen LogP contribution in [0.2, 0.25) is 0 Å². The van der Waals surface area contributed by atoms with Crippen molar-refractivity contribution in [3.63, 3.8) is 0 Å². The van der Waals surface area contributed by atoms with Crippen molar-refractivity contribution >= 4 is 28.2 Å². The van der Waals surface area contributed by atoms with Gasteiger partial charge in [-0.05, 0) is 34.5 Å². The molecular formula is C17H14FNS. The smallest absolute Gasteiger partial charge is 0.147 e. The van der Waals surface area contributed by atoms with Gasteiger partial charge in [0.1, 0.15) is 5.82 Å². The number of rotatable bonds is 3. The lowest BCUT2D eigenvalue weighted by Gasteiger charge is -2.07. The number of anilines is 1. The van der Waals surface area contributed by atoms with Crippen LogP contribution in [0.4, 0.5) is 10.1 Å². The van der Waals surface area contributed by atoms with E-state index in [4.69, 9.17) is 5.73 Å². The second-order valence-electron chi connectivity index (χ2n) is 4.61. The van der Waals surface area contributed by atoms with Crippen LogP contribution in [0.3, 0.4) is 0 Å². The highest BCUT2D eigenvalue weighted by Crippen LogP contribution is 2.28. The van der Waals surface area contributed by atoms with Crippen LogP contribution in [0.1, 0.15) is 5.56 Å². The van der Waals surface area contributed by atoms with Gasteiger partial charge in [-0.1, -0.05) is 42.5 Å². The van der Waals surface area contributed by atoms with Gasteiger partial charge in [0.05, 0.1) is 5.69 Å².